The van der Waals surface area contributed by atoms with Crippen molar-refractivity contribution < 1.29 is 19.1 Å². The minimum absolute atomic E-state index is 0.0377. The summed E-state index contributed by atoms with van der Waals surface area (Å²) in [4.78, 5) is 26.2. The number of rotatable bonds is 6. The van der Waals surface area contributed by atoms with E-state index in [1.165, 1.54) is 0 Å². The average molecular weight is 373 g/mol. The number of ether oxygens (including phenoxy) is 2. The molecule has 0 aliphatic carbocycles. The van der Waals surface area contributed by atoms with Gasteiger partial charge in [-0.05, 0) is 55.5 Å². The monoisotopic (exact) mass is 372 g/mol. The summed E-state index contributed by atoms with van der Waals surface area (Å²) in [7, 11) is 1.57. The molecule has 1 heterocycles. The maximum absolute atomic E-state index is 12.7. The van der Waals surface area contributed by atoms with Crippen LogP contribution in [0.3, 0.4) is 0 Å². The maximum atomic E-state index is 12.7. The van der Waals surface area contributed by atoms with Gasteiger partial charge in [-0.25, -0.2) is 4.90 Å². The Bertz CT molecular complexity index is 860. The van der Waals surface area contributed by atoms with Crippen molar-refractivity contribution in [2.24, 2.45) is 0 Å². The molecule has 0 saturated heterocycles. The van der Waals surface area contributed by atoms with Gasteiger partial charge in [0.15, 0.2) is 0 Å². The summed E-state index contributed by atoms with van der Waals surface area (Å²) in [6, 6.07) is 13.6. The number of methoxy groups -OCH3 is 1. The minimum Gasteiger partial charge on any atom is -0.497 e. The van der Waals surface area contributed by atoms with Crippen molar-refractivity contribution in [2.75, 3.05) is 23.9 Å². The van der Waals surface area contributed by atoms with Crippen molar-refractivity contribution in [2.45, 2.75) is 6.92 Å². The summed E-state index contributed by atoms with van der Waals surface area (Å²) in [5.74, 6) is 0.253. The molecule has 3 rings (SSSR count). The van der Waals surface area contributed by atoms with Crippen molar-refractivity contribution in [3.63, 3.8) is 0 Å². The highest BCUT2D eigenvalue weighted by Crippen LogP contribution is 2.31. The van der Waals surface area contributed by atoms with Crippen LogP contribution in [0.5, 0.6) is 11.5 Å². The van der Waals surface area contributed by atoms with E-state index in [0.717, 1.165) is 4.90 Å². The van der Waals surface area contributed by atoms with E-state index in [9.17, 15) is 9.59 Å². The lowest BCUT2D eigenvalue weighted by atomic mass is 10.2. The molecule has 1 N–H and O–H groups in total. The smallest absolute Gasteiger partial charge is 0.283 e. The topological polar surface area (TPSA) is 67.9 Å². The Kier molecular flexibility index (Phi) is 5.14. The van der Waals surface area contributed by atoms with E-state index in [1.54, 1.807) is 55.6 Å². The van der Waals surface area contributed by atoms with Gasteiger partial charge in [-0.3, -0.25) is 9.59 Å². The molecule has 2 aromatic carbocycles. The number of hydrogen-bond acceptors (Lipinski definition) is 5. The van der Waals surface area contributed by atoms with Crippen LogP contribution in [0.15, 0.2) is 59.3 Å². The maximum Gasteiger partial charge on any atom is 0.283 e. The molecule has 0 fully saturated rings. The van der Waals surface area contributed by atoms with Gasteiger partial charge < -0.3 is 14.8 Å². The molecule has 1 aliphatic rings. The number of hydrogen-bond donors (Lipinski definition) is 1. The van der Waals surface area contributed by atoms with E-state index in [2.05, 4.69) is 5.32 Å². The molecule has 26 heavy (non-hydrogen) atoms. The lowest BCUT2D eigenvalue weighted by Crippen LogP contribution is -2.32. The molecular formula is C19H17ClN2O4. The highest BCUT2D eigenvalue weighted by molar-refractivity contribution is 6.53. The van der Waals surface area contributed by atoms with Crippen molar-refractivity contribution in [1.29, 1.82) is 0 Å². The van der Waals surface area contributed by atoms with Crippen LogP contribution in [-0.2, 0) is 9.59 Å². The molecule has 0 bridgehead atoms. The van der Waals surface area contributed by atoms with Crippen LogP contribution in [0.1, 0.15) is 6.92 Å². The molecule has 0 unspecified atom stereocenters. The summed E-state index contributed by atoms with van der Waals surface area (Å²) < 4.78 is 10.5. The summed E-state index contributed by atoms with van der Waals surface area (Å²) in [5.41, 5.74) is 1.08. The molecule has 0 radical (unpaired) electrons. The molecule has 2 aromatic rings. The van der Waals surface area contributed by atoms with Gasteiger partial charge in [0.25, 0.3) is 11.8 Å². The summed E-state index contributed by atoms with van der Waals surface area (Å²) in [6.07, 6.45) is 0. The van der Waals surface area contributed by atoms with E-state index >= 15 is 0 Å². The Balaban J connectivity index is 1.82. The molecule has 0 aromatic heterocycles. The highest BCUT2D eigenvalue weighted by atomic mass is 35.5. The zero-order valence-corrected chi connectivity index (χ0v) is 15.0. The Morgan fingerprint density at radius 2 is 1.58 bits per heavy atom. The Morgan fingerprint density at radius 3 is 2.15 bits per heavy atom. The predicted octanol–water partition coefficient (Wildman–Crippen LogP) is 3.53. The van der Waals surface area contributed by atoms with Crippen molar-refractivity contribution in [1.82, 2.24) is 0 Å². The van der Waals surface area contributed by atoms with E-state index in [0.29, 0.717) is 29.5 Å². The zero-order valence-electron chi connectivity index (χ0n) is 14.3. The van der Waals surface area contributed by atoms with Gasteiger partial charge in [0.05, 0.1) is 19.4 Å². The Hall–Kier alpha value is -2.99. The third-order valence-electron chi connectivity index (χ3n) is 3.79. The normalized spacial score (nSPS) is 14.0. The third kappa shape index (κ3) is 3.36. The first-order valence-corrected chi connectivity index (χ1v) is 8.35. The predicted molar refractivity (Wildman–Crippen MR) is 99.6 cm³/mol. The average Bonchev–Trinajstić information content (AvgIpc) is 2.87. The van der Waals surface area contributed by atoms with Gasteiger partial charge in [0.2, 0.25) is 0 Å². The fourth-order valence-corrected chi connectivity index (χ4v) is 2.74. The minimum atomic E-state index is -0.572. The number of anilines is 2. The fraction of sp³-hybridized carbons (Fsp3) is 0.158. The lowest BCUT2D eigenvalue weighted by Gasteiger charge is -2.15. The van der Waals surface area contributed by atoms with Crippen molar-refractivity contribution in [3.8, 4) is 11.5 Å². The van der Waals surface area contributed by atoms with Crippen LogP contribution >= 0.6 is 11.6 Å². The van der Waals surface area contributed by atoms with Crippen LogP contribution in [0.4, 0.5) is 11.4 Å². The molecular weight excluding hydrogens is 356 g/mol. The van der Waals surface area contributed by atoms with Crippen LogP contribution in [0, 0.1) is 0 Å². The number of benzene rings is 2. The number of nitrogens with zero attached hydrogens (tertiary/aromatic N) is 1. The van der Waals surface area contributed by atoms with E-state index in [1.807, 2.05) is 6.92 Å². The molecule has 1 aliphatic heterocycles. The second kappa shape index (κ2) is 7.49. The summed E-state index contributed by atoms with van der Waals surface area (Å²) in [5, 5.41) is 2.76. The third-order valence-corrected chi connectivity index (χ3v) is 4.14. The largest absolute Gasteiger partial charge is 0.497 e. The number of amides is 2. The van der Waals surface area contributed by atoms with Crippen LogP contribution in [0.2, 0.25) is 0 Å². The van der Waals surface area contributed by atoms with Crippen LogP contribution < -0.4 is 19.7 Å². The van der Waals surface area contributed by atoms with Gasteiger partial charge in [-0.15, -0.1) is 0 Å². The molecule has 0 atom stereocenters. The molecule has 134 valence electrons. The lowest BCUT2D eigenvalue weighted by molar-refractivity contribution is -0.120. The number of carbonyl (C=O) groups excluding carboxylic acids is 2. The van der Waals surface area contributed by atoms with E-state index < -0.39 is 11.8 Å². The highest BCUT2D eigenvalue weighted by Gasteiger charge is 2.38. The van der Waals surface area contributed by atoms with Crippen molar-refractivity contribution in [3.05, 3.63) is 59.3 Å². The fourth-order valence-electron chi connectivity index (χ4n) is 2.52. The van der Waals surface area contributed by atoms with Crippen LogP contribution in [0.25, 0.3) is 0 Å². The van der Waals surface area contributed by atoms with Gasteiger partial charge in [-0.1, -0.05) is 11.6 Å². The molecule has 0 saturated carbocycles. The number of carbonyl (C=O) groups is 2. The van der Waals surface area contributed by atoms with E-state index in [4.69, 9.17) is 21.1 Å². The second-order valence-electron chi connectivity index (χ2n) is 5.42. The summed E-state index contributed by atoms with van der Waals surface area (Å²) >= 11 is 6.11. The Labute approximate surface area is 156 Å². The van der Waals surface area contributed by atoms with Crippen LogP contribution in [-0.4, -0.2) is 25.5 Å². The number of halogens is 1. The molecule has 7 heteroatoms. The van der Waals surface area contributed by atoms with Crippen molar-refractivity contribution >= 4 is 34.8 Å². The van der Waals surface area contributed by atoms with Gasteiger partial charge in [0, 0.05) is 5.69 Å². The number of imide groups is 1. The first-order chi connectivity index (χ1) is 12.5. The van der Waals surface area contributed by atoms with Gasteiger partial charge in [0.1, 0.15) is 22.2 Å². The quantitative estimate of drug-likeness (QED) is 0.786. The SMILES string of the molecule is CCOc1ccc(N2C(=O)C(Cl)=C(Nc3ccc(OC)cc3)C2=O)cc1. The number of nitrogens with one attached hydrogen (secondary N) is 1. The molecule has 0 spiro atoms. The first kappa shape index (κ1) is 17.8. The zero-order chi connectivity index (χ0) is 18.7. The van der Waals surface area contributed by atoms with E-state index in [-0.39, 0.29) is 10.7 Å². The summed E-state index contributed by atoms with van der Waals surface area (Å²) in [6.45, 7) is 2.41. The van der Waals surface area contributed by atoms with Gasteiger partial charge >= 0.3 is 0 Å². The first-order valence-electron chi connectivity index (χ1n) is 7.97. The molecule has 2 amide bonds. The second-order valence-corrected chi connectivity index (χ2v) is 5.79. The molecule has 6 nitrogen and oxygen atoms in total. The standard InChI is InChI=1S/C19H17ClN2O4/c1-3-26-15-10-6-13(7-11-15)22-18(23)16(20)17(19(22)24)21-12-4-8-14(25-2)9-5-12/h4-11,21H,3H2,1-2H3. The van der Waals surface area contributed by atoms with Gasteiger partial charge in [-0.2, -0.15) is 0 Å². The Morgan fingerprint density at radius 1 is 0.962 bits per heavy atom.